The van der Waals surface area contributed by atoms with E-state index in [4.69, 9.17) is 30.8 Å². The molecular weight excluding hydrogens is 526 g/mol. The highest BCUT2D eigenvalue weighted by atomic mass is 35.5. The molecule has 4 rings (SSSR count). The molecule has 40 heavy (non-hydrogen) atoms. The number of nitrogens with zero attached hydrogens (tertiary/aromatic N) is 2. The fraction of sp³-hybridized carbons (Fsp3) is 0.312. The summed E-state index contributed by atoms with van der Waals surface area (Å²) in [5.41, 5.74) is 3.19. The number of aromatic nitrogens is 2. The number of nitrogens with one attached hydrogen (secondary N) is 1. The Morgan fingerprint density at radius 2 is 1.82 bits per heavy atom. The third-order valence-electron chi connectivity index (χ3n) is 6.40. The first kappa shape index (κ1) is 29.0. The van der Waals surface area contributed by atoms with Gasteiger partial charge in [-0.1, -0.05) is 42.0 Å². The third-order valence-corrected chi connectivity index (χ3v) is 6.65. The van der Waals surface area contributed by atoms with Crippen molar-refractivity contribution in [2.24, 2.45) is 0 Å². The highest BCUT2D eigenvalue weighted by Gasteiger charge is 2.11. The molecule has 0 bridgehead atoms. The van der Waals surface area contributed by atoms with Gasteiger partial charge in [-0.3, -0.25) is 4.79 Å². The van der Waals surface area contributed by atoms with Crippen LogP contribution in [0.4, 0.5) is 0 Å². The van der Waals surface area contributed by atoms with E-state index in [1.807, 2.05) is 55.5 Å². The van der Waals surface area contributed by atoms with Gasteiger partial charge in [-0.2, -0.15) is 0 Å². The number of ether oxygens (including phenoxy) is 3. The van der Waals surface area contributed by atoms with Crippen LogP contribution >= 0.6 is 11.6 Å². The summed E-state index contributed by atoms with van der Waals surface area (Å²) in [5, 5.41) is 3.55. The molecule has 1 aromatic heterocycles. The number of methoxy groups -OCH3 is 1. The van der Waals surface area contributed by atoms with E-state index in [-0.39, 0.29) is 12.5 Å². The largest absolute Gasteiger partial charge is 0.493 e. The lowest BCUT2D eigenvalue weighted by Crippen LogP contribution is -2.30. The molecule has 0 aliphatic carbocycles. The van der Waals surface area contributed by atoms with E-state index in [9.17, 15) is 4.79 Å². The van der Waals surface area contributed by atoms with Gasteiger partial charge in [-0.15, -0.1) is 0 Å². The Hall–Kier alpha value is -3.97. The van der Waals surface area contributed by atoms with Crippen LogP contribution in [0.3, 0.4) is 0 Å². The molecule has 0 saturated heterocycles. The fourth-order valence-electron chi connectivity index (χ4n) is 4.42. The van der Waals surface area contributed by atoms with E-state index in [1.165, 1.54) is 0 Å². The quantitative estimate of drug-likeness (QED) is 0.163. The minimum atomic E-state index is -0.156. The molecule has 0 spiro atoms. The third kappa shape index (κ3) is 8.26. The molecule has 0 aliphatic rings. The van der Waals surface area contributed by atoms with Gasteiger partial charge in [-0.25, -0.2) is 4.98 Å². The predicted molar refractivity (Wildman–Crippen MR) is 160 cm³/mol. The lowest BCUT2D eigenvalue weighted by atomic mass is 10.2. The van der Waals surface area contributed by atoms with Crippen molar-refractivity contribution < 1.29 is 19.0 Å². The maximum absolute atomic E-state index is 12.2. The topological polar surface area (TPSA) is 74.6 Å². The number of imidazole rings is 1. The first-order valence-corrected chi connectivity index (χ1v) is 14.0. The van der Waals surface area contributed by atoms with E-state index >= 15 is 0 Å². The molecule has 0 unspecified atom stereocenters. The first-order chi connectivity index (χ1) is 19.6. The van der Waals surface area contributed by atoms with Crippen LogP contribution in [0.2, 0.25) is 5.02 Å². The number of rotatable bonds is 15. The molecule has 1 amide bonds. The number of allylic oxidation sites excluding steroid dienone is 1. The standard InChI is InChI=1S/C32H36ClN3O4/c1-3-9-24-13-18-29(30(22-24)38-2)39-21-7-6-20-36-28-11-5-4-10-27(28)35-31(36)12-8-19-34-32(37)23-40-26-16-14-25(33)15-17-26/h3-5,9-11,13-18,22H,6-8,12,19-21,23H2,1-2H3,(H,34,37)/b9-3+. The zero-order valence-electron chi connectivity index (χ0n) is 23.1. The van der Waals surface area contributed by atoms with Crippen molar-refractivity contribution >= 4 is 34.6 Å². The lowest BCUT2D eigenvalue weighted by molar-refractivity contribution is -0.123. The summed E-state index contributed by atoms with van der Waals surface area (Å²) in [6.45, 7) is 3.95. The maximum atomic E-state index is 12.2. The smallest absolute Gasteiger partial charge is 0.257 e. The molecule has 3 aromatic carbocycles. The zero-order chi connectivity index (χ0) is 28.2. The van der Waals surface area contributed by atoms with Crippen molar-refractivity contribution in [1.82, 2.24) is 14.9 Å². The Morgan fingerprint density at radius 3 is 2.62 bits per heavy atom. The van der Waals surface area contributed by atoms with Crippen LogP contribution in [0.1, 0.15) is 37.6 Å². The van der Waals surface area contributed by atoms with Crippen LogP contribution in [0, 0.1) is 0 Å². The van der Waals surface area contributed by atoms with E-state index in [1.54, 1.807) is 31.4 Å². The molecule has 1 heterocycles. The Balaban J connectivity index is 1.24. The second-order valence-corrected chi connectivity index (χ2v) is 9.77. The van der Waals surface area contributed by atoms with Gasteiger partial charge in [0.15, 0.2) is 18.1 Å². The number of hydrogen-bond acceptors (Lipinski definition) is 5. The van der Waals surface area contributed by atoms with Crippen LogP contribution in [0.25, 0.3) is 17.1 Å². The second kappa shape index (κ2) is 15.0. The maximum Gasteiger partial charge on any atom is 0.257 e. The normalized spacial score (nSPS) is 11.2. The summed E-state index contributed by atoms with van der Waals surface area (Å²) in [6, 6.07) is 21.1. The SMILES string of the molecule is C/C=C/c1ccc(OCCCCn2c(CCCNC(=O)COc3ccc(Cl)cc3)nc3ccccc32)c(OC)c1. The van der Waals surface area contributed by atoms with Crippen molar-refractivity contribution in [3.63, 3.8) is 0 Å². The van der Waals surface area contributed by atoms with Crippen molar-refractivity contribution in [1.29, 1.82) is 0 Å². The highest BCUT2D eigenvalue weighted by Crippen LogP contribution is 2.29. The number of benzene rings is 3. The average molecular weight is 562 g/mol. The summed E-state index contributed by atoms with van der Waals surface area (Å²) in [5.74, 6) is 2.97. The summed E-state index contributed by atoms with van der Waals surface area (Å²) in [6.07, 6.45) is 7.42. The molecule has 7 nitrogen and oxygen atoms in total. The van der Waals surface area contributed by atoms with Gasteiger partial charge in [-0.05, 0) is 80.3 Å². The highest BCUT2D eigenvalue weighted by molar-refractivity contribution is 6.30. The number of hydrogen-bond donors (Lipinski definition) is 1. The molecule has 0 radical (unpaired) electrons. The number of carbonyl (C=O) groups excluding carboxylic acids is 1. The molecule has 0 saturated carbocycles. The van der Waals surface area contributed by atoms with Crippen molar-refractivity contribution in [2.75, 3.05) is 26.9 Å². The number of para-hydroxylation sites is 2. The lowest BCUT2D eigenvalue weighted by Gasteiger charge is -2.13. The first-order valence-electron chi connectivity index (χ1n) is 13.6. The Labute approximate surface area is 240 Å². The molecule has 0 atom stereocenters. The molecule has 8 heteroatoms. The van der Waals surface area contributed by atoms with Gasteiger partial charge in [0.05, 0.1) is 24.8 Å². The fourth-order valence-corrected chi connectivity index (χ4v) is 4.55. The summed E-state index contributed by atoms with van der Waals surface area (Å²) in [4.78, 5) is 17.1. The van der Waals surface area contributed by atoms with E-state index in [2.05, 4.69) is 16.0 Å². The predicted octanol–water partition coefficient (Wildman–Crippen LogP) is 6.72. The van der Waals surface area contributed by atoms with Crippen LogP contribution in [0.5, 0.6) is 17.2 Å². The van der Waals surface area contributed by atoms with E-state index in [0.29, 0.717) is 23.9 Å². The minimum absolute atomic E-state index is 0.0337. The molecule has 0 aliphatic heterocycles. The van der Waals surface area contributed by atoms with Gasteiger partial charge in [0.25, 0.3) is 5.91 Å². The Kier molecular flexibility index (Phi) is 10.9. The number of amides is 1. The number of aryl methyl sites for hydroxylation is 2. The summed E-state index contributed by atoms with van der Waals surface area (Å²) >= 11 is 5.88. The van der Waals surface area contributed by atoms with Crippen molar-refractivity contribution in [2.45, 2.75) is 39.2 Å². The molecular formula is C32H36ClN3O4. The summed E-state index contributed by atoms with van der Waals surface area (Å²) in [7, 11) is 1.66. The molecule has 210 valence electrons. The molecule has 0 fully saturated rings. The van der Waals surface area contributed by atoms with E-state index in [0.717, 1.165) is 66.1 Å². The van der Waals surface area contributed by atoms with Crippen LogP contribution in [-0.4, -0.2) is 42.3 Å². The van der Waals surface area contributed by atoms with Crippen LogP contribution < -0.4 is 19.5 Å². The van der Waals surface area contributed by atoms with Crippen LogP contribution in [0.15, 0.2) is 72.8 Å². The Bertz CT molecular complexity index is 1420. The number of unbranched alkanes of at least 4 members (excludes halogenated alkanes) is 1. The molecule has 4 aromatic rings. The van der Waals surface area contributed by atoms with Crippen molar-refractivity contribution in [3.05, 3.63) is 89.2 Å². The van der Waals surface area contributed by atoms with Crippen molar-refractivity contribution in [3.8, 4) is 17.2 Å². The van der Waals surface area contributed by atoms with Gasteiger partial charge in [0.2, 0.25) is 0 Å². The van der Waals surface area contributed by atoms with Crippen LogP contribution in [-0.2, 0) is 17.8 Å². The zero-order valence-corrected chi connectivity index (χ0v) is 23.8. The van der Waals surface area contributed by atoms with Gasteiger partial charge in [0, 0.05) is 24.5 Å². The molecule has 1 N–H and O–H groups in total. The number of fused-ring (bicyclic) bond motifs is 1. The monoisotopic (exact) mass is 561 g/mol. The van der Waals surface area contributed by atoms with Gasteiger partial charge in [0.1, 0.15) is 11.6 Å². The number of carbonyl (C=O) groups is 1. The Morgan fingerprint density at radius 1 is 1.00 bits per heavy atom. The summed E-state index contributed by atoms with van der Waals surface area (Å²) < 4.78 is 19.3. The average Bonchev–Trinajstić information content (AvgIpc) is 3.32. The van der Waals surface area contributed by atoms with Gasteiger partial charge < -0.3 is 24.1 Å². The second-order valence-electron chi connectivity index (χ2n) is 9.33. The van der Waals surface area contributed by atoms with Gasteiger partial charge >= 0.3 is 0 Å². The minimum Gasteiger partial charge on any atom is -0.493 e. The van der Waals surface area contributed by atoms with E-state index < -0.39 is 0 Å². The number of halogens is 1.